The maximum absolute atomic E-state index is 12.5. The van der Waals surface area contributed by atoms with Crippen molar-refractivity contribution in [2.45, 2.75) is 12.5 Å². The number of amides is 2. The van der Waals surface area contributed by atoms with Crippen LogP contribution in [0.4, 0.5) is 0 Å². The average molecular weight is 441 g/mol. The minimum atomic E-state index is -0.663. The molecule has 150 valence electrons. The molecule has 5 nitrogen and oxygen atoms in total. The Morgan fingerprint density at radius 2 is 1.89 bits per heavy atom. The number of halogens is 2. The third-order valence-electron chi connectivity index (χ3n) is 3.82. The van der Waals surface area contributed by atoms with E-state index in [0.717, 1.165) is 11.5 Å². The summed E-state index contributed by atoms with van der Waals surface area (Å²) in [6.45, 7) is 0.670. The smallest absolute Gasteiger partial charge is 0.253 e. The van der Waals surface area contributed by atoms with Gasteiger partial charge in [0, 0.05) is 5.02 Å². The second kappa shape index (κ2) is 11.8. The third kappa shape index (κ3) is 7.26. The van der Waals surface area contributed by atoms with Gasteiger partial charge in [-0.3, -0.25) is 9.59 Å². The third-order valence-corrected chi connectivity index (χ3v) is 5.01. The number of thioether (sulfide) groups is 1. The van der Waals surface area contributed by atoms with E-state index < -0.39 is 11.9 Å². The Labute approximate surface area is 179 Å². The van der Waals surface area contributed by atoms with Crippen LogP contribution in [-0.2, 0) is 4.79 Å². The van der Waals surface area contributed by atoms with Crippen molar-refractivity contribution < 1.29 is 14.3 Å². The van der Waals surface area contributed by atoms with Crippen LogP contribution in [-0.4, -0.2) is 43.0 Å². The number of ether oxygens (including phenoxy) is 1. The summed E-state index contributed by atoms with van der Waals surface area (Å²) in [7, 11) is 0. The number of rotatable bonds is 10. The molecular weight excluding hydrogens is 419 g/mol. The standard InChI is InChI=1S/C20H22Cl2N2O3S/c1-28-12-9-18(24-19(25)16-8-7-14(21)13-17(16)22)20(26)23-10-11-27-15-5-3-2-4-6-15/h2-8,13,18H,9-12H2,1H3,(H,23,26)(H,24,25). The van der Waals surface area contributed by atoms with Gasteiger partial charge in [-0.2, -0.15) is 11.8 Å². The molecule has 0 aliphatic heterocycles. The van der Waals surface area contributed by atoms with Gasteiger partial charge in [-0.05, 0) is 48.8 Å². The van der Waals surface area contributed by atoms with Crippen molar-refractivity contribution in [3.63, 3.8) is 0 Å². The number of hydrogen-bond donors (Lipinski definition) is 2. The fourth-order valence-electron chi connectivity index (χ4n) is 2.40. The molecule has 0 aromatic heterocycles. The molecule has 2 N–H and O–H groups in total. The molecule has 2 aromatic carbocycles. The monoisotopic (exact) mass is 440 g/mol. The van der Waals surface area contributed by atoms with Crippen LogP contribution in [0.1, 0.15) is 16.8 Å². The molecule has 0 bridgehead atoms. The van der Waals surface area contributed by atoms with Crippen LogP contribution in [0, 0.1) is 0 Å². The van der Waals surface area contributed by atoms with Crippen LogP contribution in [0.2, 0.25) is 10.0 Å². The lowest BCUT2D eigenvalue weighted by molar-refractivity contribution is -0.123. The normalized spacial score (nSPS) is 11.5. The number of carbonyl (C=O) groups is 2. The molecule has 1 atom stereocenters. The van der Waals surface area contributed by atoms with Crippen LogP contribution in [0.15, 0.2) is 48.5 Å². The predicted octanol–water partition coefficient (Wildman–Crippen LogP) is 4.04. The fraction of sp³-hybridized carbons (Fsp3) is 0.300. The van der Waals surface area contributed by atoms with E-state index in [4.69, 9.17) is 27.9 Å². The Bertz CT molecular complexity index is 790. The van der Waals surface area contributed by atoms with Crippen molar-refractivity contribution >= 4 is 46.8 Å². The second-order valence-electron chi connectivity index (χ2n) is 5.88. The lowest BCUT2D eigenvalue weighted by Gasteiger charge is -2.19. The lowest BCUT2D eigenvalue weighted by Crippen LogP contribution is -2.48. The predicted molar refractivity (Wildman–Crippen MR) is 116 cm³/mol. The molecule has 0 saturated carbocycles. The largest absolute Gasteiger partial charge is 0.492 e. The van der Waals surface area contributed by atoms with E-state index in [1.54, 1.807) is 17.8 Å². The second-order valence-corrected chi connectivity index (χ2v) is 7.71. The number of benzene rings is 2. The molecule has 28 heavy (non-hydrogen) atoms. The van der Waals surface area contributed by atoms with Crippen molar-refractivity contribution in [3.05, 3.63) is 64.1 Å². The van der Waals surface area contributed by atoms with Crippen LogP contribution >= 0.6 is 35.0 Å². The van der Waals surface area contributed by atoms with E-state index in [2.05, 4.69) is 10.6 Å². The van der Waals surface area contributed by atoms with Gasteiger partial charge in [0.05, 0.1) is 17.1 Å². The molecule has 0 fully saturated rings. The highest BCUT2D eigenvalue weighted by atomic mass is 35.5. The zero-order valence-corrected chi connectivity index (χ0v) is 17.7. The molecule has 2 rings (SSSR count). The number of hydrogen-bond acceptors (Lipinski definition) is 4. The van der Waals surface area contributed by atoms with Gasteiger partial charge in [0.2, 0.25) is 5.91 Å². The van der Waals surface area contributed by atoms with Gasteiger partial charge in [-0.15, -0.1) is 0 Å². The summed E-state index contributed by atoms with van der Waals surface area (Å²) < 4.78 is 5.56. The molecule has 0 saturated heterocycles. The molecule has 0 aliphatic rings. The van der Waals surface area contributed by atoms with Crippen molar-refractivity contribution in [1.82, 2.24) is 10.6 Å². The van der Waals surface area contributed by atoms with E-state index in [1.807, 2.05) is 36.6 Å². The van der Waals surface area contributed by atoms with E-state index in [-0.39, 0.29) is 16.5 Å². The Morgan fingerprint density at radius 3 is 2.57 bits per heavy atom. The summed E-state index contributed by atoms with van der Waals surface area (Å²) >= 11 is 13.6. The number of nitrogens with one attached hydrogen (secondary N) is 2. The van der Waals surface area contributed by atoms with Crippen molar-refractivity contribution in [1.29, 1.82) is 0 Å². The maximum Gasteiger partial charge on any atom is 0.253 e. The van der Waals surface area contributed by atoms with Crippen LogP contribution < -0.4 is 15.4 Å². The molecule has 8 heteroatoms. The summed E-state index contributed by atoms with van der Waals surface area (Å²) in [4.78, 5) is 25.0. The molecule has 2 amide bonds. The quantitative estimate of drug-likeness (QED) is 0.547. The molecular formula is C20H22Cl2N2O3S. The van der Waals surface area contributed by atoms with Gasteiger partial charge < -0.3 is 15.4 Å². The Balaban J connectivity index is 1.89. The lowest BCUT2D eigenvalue weighted by atomic mass is 10.1. The fourth-order valence-corrected chi connectivity index (χ4v) is 3.36. The Kier molecular flexibility index (Phi) is 9.47. The topological polar surface area (TPSA) is 67.4 Å². The van der Waals surface area contributed by atoms with E-state index >= 15 is 0 Å². The van der Waals surface area contributed by atoms with E-state index in [9.17, 15) is 9.59 Å². The van der Waals surface area contributed by atoms with Crippen LogP contribution in [0.25, 0.3) is 0 Å². The number of carbonyl (C=O) groups excluding carboxylic acids is 2. The highest BCUT2D eigenvalue weighted by molar-refractivity contribution is 7.98. The molecule has 2 aromatic rings. The average Bonchev–Trinajstić information content (AvgIpc) is 2.69. The van der Waals surface area contributed by atoms with Crippen molar-refractivity contribution in [2.75, 3.05) is 25.2 Å². The minimum absolute atomic E-state index is 0.241. The molecule has 0 spiro atoms. The first-order valence-electron chi connectivity index (χ1n) is 8.71. The van der Waals surface area contributed by atoms with Gasteiger partial charge in [0.25, 0.3) is 5.91 Å². The maximum atomic E-state index is 12.5. The SMILES string of the molecule is CSCCC(NC(=O)c1ccc(Cl)cc1Cl)C(=O)NCCOc1ccccc1. The summed E-state index contributed by atoms with van der Waals surface area (Å²) in [6.07, 6.45) is 2.45. The molecule has 1 unspecified atom stereocenters. The summed E-state index contributed by atoms with van der Waals surface area (Å²) in [5.41, 5.74) is 0.278. The highest BCUT2D eigenvalue weighted by Crippen LogP contribution is 2.21. The minimum Gasteiger partial charge on any atom is -0.492 e. The van der Waals surface area contributed by atoms with Crippen molar-refractivity contribution in [2.24, 2.45) is 0 Å². The molecule has 0 aliphatic carbocycles. The zero-order valence-electron chi connectivity index (χ0n) is 15.4. The van der Waals surface area contributed by atoms with E-state index in [0.29, 0.717) is 24.6 Å². The van der Waals surface area contributed by atoms with Crippen molar-refractivity contribution in [3.8, 4) is 5.75 Å². The molecule has 0 heterocycles. The highest BCUT2D eigenvalue weighted by Gasteiger charge is 2.22. The zero-order chi connectivity index (χ0) is 20.4. The van der Waals surface area contributed by atoms with Crippen LogP contribution in [0.5, 0.6) is 5.75 Å². The first-order chi connectivity index (χ1) is 13.5. The van der Waals surface area contributed by atoms with Gasteiger partial charge in [-0.1, -0.05) is 41.4 Å². The summed E-state index contributed by atoms with van der Waals surface area (Å²) in [5, 5.41) is 6.24. The van der Waals surface area contributed by atoms with Gasteiger partial charge in [0.15, 0.2) is 0 Å². The summed E-state index contributed by atoms with van der Waals surface area (Å²) in [5.74, 6) is 0.793. The Hall–Kier alpha value is -1.89. The molecule has 0 radical (unpaired) electrons. The van der Waals surface area contributed by atoms with Crippen LogP contribution in [0.3, 0.4) is 0 Å². The number of para-hydroxylation sites is 1. The van der Waals surface area contributed by atoms with E-state index in [1.165, 1.54) is 12.1 Å². The van der Waals surface area contributed by atoms with Gasteiger partial charge >= 0.3 is 0 Å². The van der Waals surface area contributed by atoms with Gasteiger partial charge in [-0.25, -0.2) is 0 Å². The van der Waals surface area contributed by atoms with Gasteiger partial charge in [0.1, 0.15) is 18.4 Å². The first kappa shape index (κ1) is 22.4. The Morgan fingerprint density at radius 1 is 1.14 bits per heavy atom. The summed E-state index contributed by atoms with van der Waals surface area (Å²) in [6, 6.07) is 13.3. The first-order valence-corrected chi connectivity index (χ1v) is 10.9.